The van der Waals surface area contributed by atoms with Crippen molar-refractivity contribution in [1.29, 1.82) is 0 Å². The van der Waals surface area contributed by atoms with E-state index in [1.54, 1.807) is 0 Å². The number of nitrogens with one attached hydrogen (secondary N) is 1. The van der Waals surface area contributed by atoms with Gasteiger partial charge in [-0.1, -0.05) is 13.0 Å². The molecule has 1 rings (SSSR count). The Balaban J connectivity index is 2.53. The van der Waals surface area contributed by atoms with Crippen LogP contribution in [0.3, 0.4) is 0 Å². The van der Waals surface area contributed by atoms with Crippen LogP contribution in [-0.4, -0.2) is 12.1 Å². The molecule has 0 saturated carbocycles. The molecule has 96 valence electrons. The number of hydrogen-bond donors (Lipinski definition) is 1. The maximum Gasteiger partial charge on any atom is 0.129 e. The van der Waals surface area contributed by atoms with E-state index in [1.165, 1.54) is 12.1 Å². The number of hydrogen-bond acceptors (Lipinski definition) is 1. The molecule has 17 heavy (non-hydrogen) atoms. The summed E-state index contributed by atoms with van der Waals surface area (Å²) in [6.45, 7) is 9.16. The van der Waals surface area contributed by atoms with E-state index in [4.69, 9.17) is 0 Å². The van der Waals surface area contributed by atoms with Crippen LogP contribution in [0.2, 0.25) is 0 Å². The average molecular weight is 241 g/mol. The van der Waals surface area contributed by atoms with Gasteiger partial charge in [0, 0.05) is 11.6 Å². The Morgan fingerprint density at radius 3 is 2.41 bits per heavy atom. The summed E-state index contributed by atoms with van der Waals surface area (Å²) < 4.78 is 26.2. The monoisotopic (exact) mass is 241 g/mol. The zero-order valence-corrected chi connectivity index (χ0v) is 11.0. The molecule has 0 fully saturated rings. The van der Waals surface area contributed by atoms with Crippen molar-refractivity contribution in [3.8, 4) is 0 Å². The highest BCUT2D eigenvalue weighted by Crippen LogP contribution is 2.14. The summed E-state index contributed by atoms with van der Waals surface area (Å²) in [6.07, 6.45) is 0.620. The van der Waals surface area contributed by atoms with Crippen LogP contribution in [-0.2, 0) is 6.42 Å². The van der Waals surface area contributed by atoms with E-state index < -0.39 is 11.6 Å². The van der Waals surface area contributed by atoms with Gasteiger partial charge in [-0.25, -0.2) is 8.78 Å². The highest BCUT2D eigenvalue weighted by Gasteiger charge is 2.13. The Bertz CT molecular complexity index is 369. The van der Waals surface area contributed by atoms with E-state index in [1.807, 2.05) is 0 Å². The van der Waals surface area contributed by atoms with Gasteiger partial charge in [0.15, 0.2) is 0 Å². The van der Waals surface area contributed by atoms with Gasteiger partial charge in [-0.05, 0) is 51.3 Å². The van der Waals surface area contributed by atoms with Crippen molar-refractivity contribution in [2.45, 2.75) is 39.7 Å². The minimum absolute atomic E-state index is 0.0651. The first-order valence-corrected chi connectivity index (χ1v) is 5.97. The van der Waals surface area contributed by atoms with Crippen molar-refractivity contribution in [2.24, 2.45) is 5.92 Å². The van der Waals surface area contributed by atoms with Crippen molar-refractivity contribution in [3.05, 3.63) is 35.4 Å². The van der Waals surface area contributed by atoms with Gasteiger partial charge in [-0.15, -0.1) is 0 Å². The Morgan fingerprint density at radius 2 is 1.88 bits per heavy atom. The first-order valence-electron chi connectivity index (χ1n) is 5.97. The molecule has 1 atom stereocenters. The fraction of sp³-hybridized carbons (Fsp3) is 0.571. The number of halogens is 2. The van der Waals surface area contributed by atoms with Gasteiger partial charge in [0.2, 0.25) is 0 Å². The molecule has 0 aliphatic carbocycles. The van der Waals surface area contributed by atoms with Crippen LogP contribution >= 0.6 is 0 Å². The van der Waals surface area contributed by atoms with E-state index in [0.29, 0.717) is 17.9 Å². The van der Waals surface area contributed by atoms with Crippen LogP contribution < -0.4 is 5.32 Å². The minimum atomic E-state index is -0.522. The SMILES string of the molecule is CC(CNC(C)(C)C)Cc1ccc(F)cc1F. The maximum atomic E-state index is 13.4. The molecule has 0 aliphatic heterocycles. The average Bonchev–Trinajstić information content (AvgIpc) is 2.18. The second kappa shape index (κ2) is 5.58. The van der Waals surface area contributed by atoms with Gasteiger partial charge in [0.1, 0.15) is 11.6 Å². The van der Waals surface area contributed by atoms with E-state index in [0.717, 1.165) is 12.6 Å². The first kappa shape index (κ1) is 14.1. The zero-order chi connectivity index (χ0) is 13.1. The van der Waals surface area contributed by atoms with Crippen LogP contribution in [0.15, 0.2) is 18.2 Å². The van der Waals surface area contributed by atoms with Crippen molar-refractivity contribution < 1.29 is 8.78 Å². The molecule has 0 amide bonds. The van der Waals surface area contributed by atoms with Crippen molar-refractivity contribution in [1.82, 2.24) is 5.32 Å². The van der Waals surface area contributed by atoms with Crippen LogP contribution in [0.4, 0.5) is 8.78 Å². The summed E-state index contributed by atoms with van der Waals surface area (Å²) in [5.74, 6) is -0.659. The van der Waals surface area contributed by atoms with Crippen molar-refractivity contribution in [2.75, 3.05) is 6.54 Å². The topological polar surface area (TPSA) is 12.0 Å². The molecule has 0 heterocycles. The smallest absolute Gasteiger partial charge is 0.129 e. The molecule has 0 radical (unpaired) electrons. The zero-order valence-electron chi connectivity index (χ0n) is 11.0. The Hall–Kier alpha value is -0.960. The van der Waals surface area contributed by atoms with Gasteiger partial charge in [0.05, 0.1) is 0 Å². The molecular weight excluding hydrogens is 220 g/mol. The van der Waals surface area contributed by atoms with Gasteiger partial charge < -0.3 is 5.32 Å². The Labute approximate surface area is 102 Å². The molecule has 3 heteroatoms. The third kappa shape index (κ3) is 5.26. The second-order valence-corrected chi connectivity index (χ2v) is 5.68. The quantitative estimate of drug-likeness (QED) is 0.850. The summed E-state index contributed by atoms with van der Waals surface area (Å²) in [5, 5.41) is 3.38. The van der Waals surface area contributed by atoms with Gasteiger partial charge in [0.25, 0.3) is 0 Å². The highest BCUT2D eigenvalue weighted by atomic mass is 19.1. The van der Waals surface area contributed by atoms with Crippen LogP contribution in [0.25, 0.3) is 0 Å². The second-order valence-electron chi connectivity index (χ2n) is 5.68. The minimum Gasteiger partial charge on any atom is -0.312 e. The summed E-state index contributed by atoms with van der Waals surface area (Å²) >= 11 is 0. The van der Waals surface area contributed by atoms with E-state index in [2.05, 4.69) is 33.0 Å². The molecular formula is C14H21F2N. The molecule has 0 bridgehead atoms. The summed E-state index contributed by atoms with van der Waals surface area (Å²) in [7, 11) is 0. The van der Waals surface area contributed by atoms with Crippen LogP contribution in [0.1, 0.15) is 33.3 Å². The van der Waals surface area contributed by atoms with Gasteiger partial charge in [-0.3, -0.25) is 0 Å². The Kier molecular flexibility index (Phi) is 4.63. The van der Waals surface area contributed by atoms with E-state index in [9.17, 15) is 8.78 Å². The molecule has 0 spiro atoms. The largest absolute Gasteiger partial charge is 0.312 e. The molecule has 1 aromatic rings. The van der Waals surface area contributed by atoms with Gasteiger partial charge in [-0.2, -0.15) is 0 Å². The molecule has 1 N–H and O–H groups in total. The standard InChI is InChI=1S/C14H21F2N/c1-10(9-17-14(2,3)4)7-11-5-6-12(15)8-13(11)16/h5-6,8,10,17H,7,9H2,1-4H3. The van der Waals surface area contributed by atoms with Gasteiger partial charge >= 0.3 is 0 Å². The first-order chi connectivity index (χ1) is 7.78. The highest BCUT2D eigenvalue weighted by molar-refractivity contribution is 5.19. The van der Waals surface area contributed by atoms with Crippen molar-refractivity contribution in [3.63, 3.8) is 0 Å². The normalized spacial score (nSPS) is 13.8. The number of rotatable bonds is 4. The third-order valence-corrected chi connectivity index (χ3v) is 2.56. The van der Waals surface area contributed by atoms with Crippen LogP contribution in [0, 0.1) is 17.6 Å². The third-order valence-electron chi connectivity index (χ3n) is 2.56. The lowest BCUT2D eigenvalue weighted by molar-refractivity contribution is 0.379. The maximum absolute atomic E-state index is 13.4. The molecule has 1 unspecified atom stereocenters. The summed E-state index contributed by atoms with van der Waals surface area (Å²) in [6, 6.07) is 3.78. The summed E-state index contributed by atoms with van der Waals surface area (Å²) in [4.78, 5) is 0. The predicted octanol–water partition coefficient (Wildman–Crippen LogP) is 3.53. The van der Waals surface area contributed by atoms with Crippen LogP contribution in [0.5, 0.6) is 0 Å². The molecule has 0 aromatic heterocycles. The lowest BCUT2D eigenvalue weighted by atomic mass is 9.99. The van der Waals surface area contributed by atoms with E-state index in [-0.39, 0.29) is 5.54 Å². The predicted molar refractivity (Wildman–Crippen MR) is 67.0 cm³/mol. The fourth-order valence-corrected chi connectivity index (χ4v) is 1.62. The lowest BCUT2D eigenvalue weighted by Crippen LogP contribution is -2.39. The van der Waals surface area contributed by atoms with E-state index >= 15 is 0 Å². The molecule has 1 nitrogen and oxygen atoms in total. The van der Waals surface area contributed by atoms with Crippen molar-refractivity contribution >= 4 is 0 Å². The molecule has 0 aliphatic rings. The number of benzene rings is 1. The molecule has 1 aromatic carbocycles. The molecule has 0 saturated heterocycles. The summed E-state index contributed by atoms with van der Waals surface area (Å²) in [5.41, 5.74) is 0.643. The Morgan fingerprint density at radius 1 is 1.24 bits per heavy atom. The lowest BCUT2D eigenvalue weighted by Gasteiger charge is -2.23. The fourth-order valence-electron chi connectivity index (χ4n) is 1.62.